The molecular formula is C11H18N4OS. The predicted octanol–water partition coefficient (Wildman–Crippen LogP) is 0.910. The number of carbonyl (C=O) groups excluding carboxylic acids is 1. The molecule has 2 rings (SSSR count). The van der Waals surface area contributed by atoms with Crippen molar-refractivity contribution in [2.75, 3.05) is 13.1 Å². The number of piperidine rings is 1. The highest BCUT2D eigenvalue weighted by molar-refractivity contribution is 7.08. The zero-order valence-corrected chi connectivity index (χ0v) is 11.0. The van der Waals surface area contributed by atoms with E-state index < -0.39 is 0 Å². The van der Waals surface area contributed by atoms with Gasteiger partial charge in [0, 0.05) is 19.1 Å². The van der Waals surface area contributed by atoms with Crippen molar-refractivity contribution in [3.05, 3.63) is 10.6 Å². The molecule has 1 saturated heterocycles. The molecule has 1 aromatic rings. The van der Waals surface area contributed by atoms with Crippen molar-refractivity contribution < 1.29 is 4.79 Å². The maximum Gasteiger partial charge on any atom is 0.267 e. The monoisotopic (exact) mass is 254 g/mol. The minimum Gasteiger partial charge on any atom is -0.337 e. The van der Waals surface area contributed by atoms with Crippen LogP contribution < -0.4 is 5.73 Å². The molecule has 2 heterocycles. The predicted molar refractivity (Wildman–Crippen MR) is 66.9 cm³/mol. The van der Waals surface area contributed by atoms with E-state index in [9.17, 15) is 4.79 Å². The molecule has 0 aromatic carbocycles. The van der Waals surface area contributed by atoms with Crippen molar-refractivity contribution >= 4 is 17.4 Å². The Morgan fingerprint density at radius 3 is 3.06 bits per heavy atom. The average molecular weight is 254 g/mol. The van der Waals surface area contributed by atoms with Gasteiger partial charge in [-0.3, -0.25) is 4.79 Å². The number of likely N-dealkylation sites (tertiary alicyclic amines) is 1. The van der Waals surface area contributed by atoms with Crippen LogP contribution in [0.1, 0.15) is 35.6 Å². The third-order valence-corrected chi connectivity index (χ3v) is 4.10. The first-order valence-electron chi connectivity index (χ1n) is 5.99. The van der Waals surface area contributed by atoms with E-state index in [-0.39, 0.29) is 11.9 Å². The molecule has 1 fully saturated rings. The largest absolute Gasteiger partial charge is 0.337 e. The minimum absolute atomic E-state index is 0.0654. The quantitative estimate of drug-likeness (QED) is 0.851. The molecule has 0 radical (unpaired) electrons. The van der Waals surface area contributed by atoms with E-state index in [0.29, 0.717) is 10.8 Å². The highest BCUT2D eigenvalue weighted by Crippen LogP contribution is 2.20. The van der Waals surface area contributed by atoms with E-state index in [1.54, 1.807) is 0 Å². The zero-order chi connectivity index (χ0) is 12.4. The fraction of sp³-hybridized carbons (Fsp3) is 0.727. The highest BCUT2D eigenvalue weighted by Gasteiger charge is 2.29. The summed E-state index contributed by atoms with van der Waals surface area (Å²) in [5, 5.41) is 3.98. The molecule has 2 unspecified atom stereocenters. The number of aryl methyl sites for hydroxylation is 1. The van der Waals surface area contributed by atoms with Gasteiger partial charge in [-0.05, 0) is 30.3 Å². The molecule has 2 atom stereocenters. The maximum atomic E-state index is 12.3. The standard InChI is InChI=1S/C11H18N4OS/c1-3-9-10(17-14-13-9)11(16)15-5-4-8(12)7(2)6-15/h7-8H,3-6,12H2,1-2H3. The Balaban J connectivity index is 2.10. The zero-order valence-electron chi connectivity index (χ0n) is 10.2. The van der Waals surface area contributed by atoms with Crippen LogP contribution in [0.4, 0.5) is 0 Å². The van der Waals surface area contributed by atoms with Gasteiger partial charge in [-0.15, -0.1) is 5.10 Å². The third-order valence-electron chi connectivity index (χ3n) is 3.34. The molecule has 0 saturated carbocycles. The van der Waals surface area contributed by atoms with Crippen molar-refractivity contribution in [1.29, 1.82) is 0 Å². The lowest BCUT2D eigenvalue weighted by molar-refractivity contribution is 0.0668. The molecule has 0 aliphatic carbocycles. The Hall–Kier alpha value is -1.01. The van der Waals surface area contributed by atoms with Crippen molar-refractivity contribution in [2.45, 2.75) is 32.7 Å². The van der Waals surface area contributed by atoms with Crippen molar-refractivity contribution in [3.8, 4) is 0 Å². The van der Waals surface area contributed by atoms with Gasteiger partial charge in [0.25, 0.3) is 5.91 Å². The van der Waals surface area contributed by atoms with E-state index in [0.717, 1.165) is 31.6 Å². The maximum absolute atomic E-state index is 12.3. The first-order chi connectivity index (χ1) is 8.13. The third kappa shape index (κ3) is 2.47. The van der Waals surface area contributed by atoms with E-state index in [4.69, 9.17) is 5.73 Å². The smallest absolute Gasteiger partial charge is 0.267 e. The SMILES string of the molecule is CCc1nnsc1C(=O)N1CCC(N)C(C)C1. The fourth-order valence-electron chi connectivity index (χ4n) is 2.09. The van der Waals surface area contributed by atoms with Crippen LogP contribution in [0.25, 0.3) is 0 Å². The van der Waals surface area contributed by atoms with Gasteiger partial charge >= 0.3 is 0 Å². The molecular weight excluding hydrogens is 236 g/mol. The number of carbonyl (C=O) groups is 1. The van der Waals surface area contributed by atoms with Crippen molar-refractivity contribution in [2.24, 2.45) is 11.7 Å². The Kier molecular flexibility index (Phi) is 3.73. The van der Waals surface area contributed by atoms with Gasteiger partial charge in [-0.25, -0.2) is 0 Å². The summed E-state index contributed by atoms with van der Waals surface area (Å²) in [4.78, 5) is 14.9. The van der Waals surface area contributed by atoms with Crippen molar-refractivity contribution in [1.82, 2.24) is 14.5 Å². The van der Waals surface area contributed by atoms with E-state index in [1.165, 1.54) is 11.5 Å². The van der Waals surface area contributed by atoms with Crippen LogP contribution in [0.15, 0.2) is 0 Å². The second-order valence-electron chi connectivity index (χ2n) is 4.58. The second-order valence-corrected chi connectivity index (χ2v) is 5.34. The summed E-state index contributed by atoms with van der Waals surface area (Å²) in [6.07, 6.45) is 1.63. The first-order valence-corrected chi connectivity index (χ1v) is 6.77. The summed E-state index contributed by atoms with van der Waals surface area (Å²) in [7, 11) is 0. The number of hydrogen-bond acceptors (Lipinski definition) is 5. The van der Waals surface area contributed by atoms with Gasteiger partial charge in [0.15, 0.2) is 0 Å². The van der Waals surface area contributed by atoms with Crippen LogP contribution in [0.3, 0.4) is 0 Å². The van der Waals surface area contributed by atoms with Crippen LogP contribution in [0.2, 0.25) is 0 Å². The molecule has 17 heavy (non-hydrogen) atoms. The minimum atomic E-state index is 0.0654. The number of nitrogens with two attached hydrogens (primary N) is 1. The first kappa shape index (κ1) is 12.4. The molecule has 0 bridgehead atoms. The summed E-state index contributed by atoms with van der Waals surface area (Å²) in [6.45, 7) is 5.56. The molecule has 6 heteroatoms. The highest BCUT2D eigenvalue weighted by atomic mass is 32.1. The lowest BCUT2D eigenvalue weighted by atomic mass is 9.94. The summed E-state index contributed by atoms with van der Waals surface area (Å²) < 4.78 is 3.86. The van der Waals surface area contributed by atoms with E-state index >= 15 is 0 Å². The molecule has 0 spiro atoms. The lowest BCUT2D eigenvalue weighted by Gasteiger charge is -2.34. The van der Waals surface area contributed by atoms with Gasteiger partial charge in [-0.2, -0.15) is 0 Å². The van der Waals surface area contributed by atoms with Crippen LogP contribution in [-0.4, -0.2) is 39.5 Å². The number of rotatable bonds is 2. The van der Waals surface area contributed by atoms with Crippen LogP contribution >= 0.6 is 11.5 Å². The Morgan fingerprint density at radius 2 is 2.41 bits per heavy atom. The Morgan fingerprint density at radius 1 is 1.65 bits per heavy atom. The van der Waals surface area contributed by atoms with Gasteiger partial charge < -0.3 is 10.6 Å². The molecule has 2 N–H and O–H groups in total. The number of nitrogens with zero attached hydrogens (tertiary/aromatic N) is 3. The second kappa shape index (κ2) is 5.10. The average Bonchev–Trinajstić information content (AvgIpc) is 2.80. The number of aromatic nitrogens is 2. The van der Waals surface area contributed by atoms with Crippen LogP contribution in [0.5, 0.6) is 0 Å². The molecule has 5 nitrogen and oxygen atoms in total. The molecule has 94 valence electrons. The Bertz CT molecular complexity index is 406. The molecule has 1 aromatic heterocycles. The van der Waals surface area contributed by atoms with Crippen LogP contribution in [0, 0.1) is 5.92 Å². The number of amides is 1. The summed E-state index contributed by atoms with van der Waals surface area (Å²) in [5.41, 5.74) is 6.76. The summed E-state index contributed by atoms with van der Waals surface area (Å²) in [5.74, 6) is 0.425. The lowest BCUT2D eigenvalue weighted by Crippen LogP contribution is -2.48. The van der Waals surface area contributed by atoms with Gasteiger partial charge in [0.05, 0.1) is 5.69 Å². The van der Waals surface area contributed by atoms with Crippen molar-refractivity contribution in [3.63, 3.8) is 0 Å². The normalized spacial score (nSPS) is 25.0. The number of hydrogen-bond donors (Lipinski definition) is 1. The molecule has 1 aliphatic heterocycles. The van der Waals surface area contributed by atoms with E-state index in [1.807, 2.05) is 11.8 Å². The molecule has 1 amide bonds. The van der Waals surface area contributed by atoms with E-state index in [2.05, 4.69) is 16.5 Å². The summed E-state index contributed by atoms with van der Waals surface area (Å²) in [6, 6.07) is 0.212. The molecule has 1 aliphatic rings. The van der Waals surface area contributed by atoms with Gasteiger partial charge in [-0.1, -0.05) is 18.3 Å². The van der Waals surface area contributed by atoms with Gasteiger partial charge in [0.1, 0.15) is 4.88 Å². The van der Waals surface area contributed by atoms with Crippen LogP contribution in [-0.2, 0) is 6.42 Å². The van der Waals surface area contributed by atoms with Gasteiger partial charge in [0.2, 0.25) is 0 Å². The fourth-order valence-corrected chi connectivity index (χ4v) is 2.81. The summed E-state index contributed by atoms with van der Waals surface area (Å²) >= 11 is 1.19. The topological polar surface area (TPSA) is 72.1 Å². The Labute approximate surface area is 105 Å².